The van der Waals surface area contributed by atoms with Gasteiger partial charge in [-0.3, -0.25) is 9.89 Å². The zero-order chi connectivity index (χ0) is 18.1. The van der Waals surface area contributed by atoms with E-state index in [0.717, 1.165) is 28.2 Å². The number of fused-ring (bicyclic) bond motifs is 1. The maximum atomic E-state index is 12.6. The first-order valence-corrected chi connectivity index (χ1v) is 8.62. The van der Waals surface area contributed by atoms with Crippen LogP contribution in [-0.2, 0) is 24.4 Å². The number of H-pyrrole nitrogens is 1. The van der Waals surface area contributed by atoms with Crippen LogP contribution in [0.15, 0.2) is 36.7 Å². The van der Waals surface area contributed by atoms with E-state index in [1.807, 2.05) is 36.6 Å². The van der Waals surface area contributed by atoms with Gasteiger partial charge < -0.3 is 14.6 Å². The molecule has 2 aromatic heterocycles. The summed E-state index contributed by atoms with van der Waals surface area (Å²) >= 11 is 0. The van der Waals surface area contributed by atoms with Gasteiger partial charge in [0.2, 0.25) is 0 Å². The van der Waals surface area contributed by atoms with Crippen LogP contribution in [0.4, 0.5) is 0 Å². The second-order valence-electron chi connectivity index (χ2n) is 6.50. The number of hydrogen-bond acceptors (Lipinski definition) is 4. The Bertz CT molecular complexity index is 909. The number of ether oxygens (including phenoxy) is 1. The van der Waals surface area contributed by atoms with Gasteiger partial charge in [-0.15, -0.1) is 0 Å². The number of nitrogens with one attached hydrogen (secondary N) is 2. The molecule has 0 radical (unpaired) electrons. The van der Waals surface area contributed by atoms with Gasteiger partial charge in [-0.1, -0.05) is 30.3 Å². The smallest absolute Gasteiger partial charge is 0.272 e. The van der Waals surface area contributed by atoms with Gasteiger partial charge >= 0.3 is 0 Å². The molecule has 0 bridgehead atoms. The number of aromatic amines is 1. The van der Waals surface area contributed by atoms with E-state index in [1.54, 1.807) is 6.33 Å². The lowest BCUT2D eigenvalue weighted by Gasteiger charge is -2.25. The number of aromatic nitrogens is 4. The van der Waals surface area contributed by atoms with E-state index < -0.39 is 0 Å². The maximum Gasteiger partial charge on any atom is 0.272 e. The SMILES string of the molecule is Cc1n[nH]c(C)c1CNC(=O)c1ncn2c1CO[C@@H](c1ccccc1)C2. The fourth-order valence-corrected chi connectivity index (χ4v) is 3.27. The Balaban J connectivity index is 1.47. The standard InChI is InChI=1S/C19H21N5O2/c1-12-15(13(2)23-22-12)8-20-19(25)18-16-10-26-17(9-24(16)11-21-18)14-6-4-3-5-7-14/h3-7,11,17H,8-10H2,1-2H3,(H,20,25)(H,22,23)/t17-/m1/s1. The van der Waals surface area contributed by atoms with E-state index in [4.69, 9.17) is 4.74 Å². The van der Waals surface area contributed by atoms with E-state index in [-0.39, 0.29) is 12.0 Å². The molecule has 1 atom stereocenters. The van der Waals surface area contributed by atoms with E-state index in [1.165, 1.54) is 0 Å². The van der Waals surface area contributed by atoms with Crippen LogP contribution in [0.1, 0.15) is 44.8 Å². The van der Waals surface area contributed by atoms with Crippen LogP contribution in [0.25, 0.3) is 0 Å². The molecule has 2 N–H and O–H groups in total. The molecule has 26 heavy (non-hydrogen) atoms. The Hall–Kier alpha value is -2.93. The van der Waals surface area contributed by atoms with E-state index in [0.29, 0.717) is 25.4 Å². The number of hydrogen-bond donors (Lipinski definition) is 2. The third-order valence-electron chi connectivity index (χ3n) is 4.82. The fourth-order valence-electron chi connectivity index (χ4n) is 3.27. The Morgan fingerprint density at radius 1 is 1.35 bits per heavy atom. The number of amides is 1. The zero-order valence-corrected chi connectivity index (χ0v) is 14.8. The number of carbonyl (C=O) groups is 1. The van der Waals surface area contributed by atoms with Gasteiger partial charge in [0.15, 0.2) is 5.69 Å². The zero-order valence-electron chi connectivity index (χ0n) is 14.8. The minimum atomic E-state index is -0.194. The molecule has 0 aliphatic carbocycles. The van der Waals surface area contributed by atoms with E-state index in [9.17, 15) is 4.79 Å². The second-order valence-corrected chi connectivity index (χ2v) is 6.50. The van der Waals surface area contributed by atoms with Crippen molar-refractivity contribution in [1.29, 1.82) is 0 Å². The average molecular weight is 351 g/mol. The van der Waals surface area contributed by atoms with Gasteiger partial charge in [-0.2, -0.15) is 5.10 Å². The first kappa shape index (κ1) is 16.5. The molecule has 1 aromatic carbocycles. The number of benzene rings is 1. The van der Waals surface area contributed by atoms with Crippen LogP contribution >= 0.6 is 0 Å². The van der Waals surface area contributed by atoms with Gasteiger partial charge in [-0.05, 0) is 19.4 Å². The van der Waals surface area contributed by atoms with Crippen LogP contribution < -0.4 is 5.32 Å². The number of aryl methyl sites for hydroxylation is 2. The molecule has 7 heteroatoms. The average Bonchev–Trinajstić information content (AvgIpc) is 3.23. The molecule has 4 rings (SSSR count). The minimum Gasteiger partial charge on any atom is -0.365 e. The van der Waals surface area contributed by atoms with Gasteiger partial charge in [-0.25, -0.2) is 4.98 Å². The summed E-state index contributed by atoms with van der Waals surface area (Å²) in [6.45, 7) is 5.30. The van der Waals surface area contributed by atoms with Crippen molar-refractivity contribution < 1.29 is 9.53 Å². The summed E-state index contributed by atoms with van der Waals surface area (Å²) in [5, 5.41) is 10.0. The predicted molar refractivity (Wildman–Crippen MR) is 95.4 cm³/mol. The molecule has 0 saturated carbocycles. The third kappa shape index (κ3) is 3.01. The molecule has 0 saturated heterocycles. The lowest BCUT2D eigenvalue weighted by atomic mass is 10.1. The molecular formula is C19H21N5O2. The second kappa shape index (κ2) is 6.76. The van der Waals surface area contributed by atoms with Crippen molar-refractivity contribution in [2.45, 2.75) is 39.6 Å². The Morgan fingerprint density at radius 3 is 2.88 bits per heavy atom. The summed E-state index contributed by atoms with van der Waals surface area (Å²) in [5.74, 6) is -0.194. The quantitative estimate of drug-likeness (QED) is 0.756. The highest BCUT2D eigenvalue weighted by Gasteiger charge is 2.26. The van der Waals surface area contributed by atoms with Crippen molar-refractivity contribution in [3.05, 3.63) is 70.6 Å². The predicted octanol–water partition coefficient (Wildman–Crippen LogP) is 2.42. The van der Waals surface area contributed by atoms with Crippen molar-refractivity contribution in [3.8, 4) is 0 Å². The van der Waals surface area contributed by atoms with Gasteiger partial charge in [0.05, 0.1) is 30.9 Å². The Kier molecular flexibility index (Phi) is 4.30. The lowest BCUT2D eigenvalue weighted by molar-refractivity contribution is 0.00257. The molecule has 134 valence electrons. The van der Waals surface area contributed by atoms with Crippen molar-refractivity contribution in [1.82, 2.24) is 25.1 Å². The minimum absolute atomic E-state index is 0.0231. The summed E-state index contributed by atoms with van der Waals surface area (Å²) in [7, 11) is 0. The van der Waals surface area contributed by atoms with E-state index >= 15 is 0 Å². The number of rotatable bonds is 4. The van der Waals surface area contributed by atoms with Crippen molar-refractivity contribution in [3.63, 3.8) is 0 Å². The fraction of sp³-hybridized carbons (Fsp3) is 0.316. The molecule has 3 aromatic rings. The van der Waals surface area contributed by atoms with Crippen LogP contribution in [0, 0.1) is 13.8 Å². The molecular weight excluding hydrogens is 330 g/mol. The molecule has 1 amide bonds. The first-order valence-electron chi connectivity index (χ1n) is 8.62. The molecule has 0 fully saturated rings. The molecule has 1 aliphatic heterocycles. The maximum absolute atomic E-state index is 12.6. The number of nitrogens with zero attached hydrogens (tertiary/aromatic N) is 3. The van der Waals surface area contributed by atoms with Crippen LogP contribution in [0.2, 0.25) is 0 Å². The third-order valence-corrected chi connectivity index (χ3v) is 4.82. The number of imidazole rings is 1. The monoisotopic (exact) mass is 351 g/mol. The largest absolute Gasteiger partial charge is 0.365 e. The summed E-state index contributed by atoms with van der Waals surface area (Å²) in [6, 6.07) is 10.1. The van der Waals surface area contributed by atoms with Crippen molar-refractivity contribution >= 4 is 5.91 Å². The summed E-state index contributed by atoms with van der Waals surface area (Å²) in [5.41, 5.74) is 5.23. The normalized spacial score (nSPS) is 16.3. The molecule has 0 unspecified atom stereocenters. The van der Waals surface area contributed by atoms with Gasteiger partial charge in [0.1, 0.15) is 6.10 Å². The summed E-state index contributed by atoms with van der Waals surface area (Å²) in [6.07, 6.45) is 1.70. The number of carbonyl (C=O) groups excluding carboxylic acids is 1. The summed E-state index contributed by atoms with van der Waals surface area (Å²) < 4.78 is 7.98. The molecule has 0 spiro atoms. The highest BCUT2D eigenvalue weighted by atomic mass is 16.5. The Labute approximate surface area is 151 Å². The van der Waals surface area contributed by atoms with E-state index in [2.05, 4.69) is 32.6 Å². The van der Waals surface area contributed by atoms with Crippen molar-refractivity contribution in [2.75, 3.05) is 0 Å². The topological polar surface area (TPSA) is 84.8 Å². The van der Waals surface area contributed by atoms with Crippen LogP contribution in [-0.4, -0.2) is 25.7 Å². The van der Waals surface area contributed by atoms with Crippen molar-refractivity contribution in [2.24, 2.45) is 0 Å². The molecule has 1 aliphatic rings. The van der Waals surface area contributed by atoms with Crippen LogP contribution in [0.5, 0.6) is 0 Å². The lowest BCUT2D eigenvalue weighted by Crippen LogP contribution is -2.27. The molecule has 3 heterocycles. The van der Waals surface area contributed by atoms with Gasteiger partial charge in [0.25, 0.3) is 5.91 Å². The van der Waals surface area contributed by atoms with Crippen LogP contribution in [0.3, 0.4) is 0 Å². The highest BCUT2D eigenvalue weighted by Crippen LogP contribution is 2.27. The molecule has 7 nitrogen and oxygen atoms in total. The highest BCUT2D eigenvalue weighted by molar-refractivity contribution is 5.93. The van der Waals surface area contributed by atoms with Gasteiger partial charge in [0, 0.05) is 17.8 Å². The first-order chi connectivity index (χ1) is 12.6. The Morgan fingerprint density at radius 2 is 2.15 bits per heavy atom. The summed E-state index contributed by atoms with van der Waals surface area (Å²) in [4.78, 5) is 16.9.